The average Bonchev–Trinajstić information content (AvgIpc) is 2.84. The van der Waals surface area contributed by atoms with Gasteiger partial charge in [-0.3, -0.25) is 0 Å². The minimum absolute atomic E-state index is 0.178. The first-order valence-electron chi connectivity index (χ1n) is 11.9. The van der Waals surface area contributed by atoms with Crippen molar-refractivity contribution in [2.45, 2.75) is 46.0 Å². The van der Waals surface area contributed by atoms with Crippen LogP contribution in [0.2, 0.25) is 0 Å². The van der Waals surface area contributed by atoms with Crippen molar-refractivity contribution >= 4 is 23.2 Å². The molecular formula is C29H31N3O2. The van der Waals surface area contributed by atoms with E-state index in [1.807, 2.05) is 43.3 Å². The highest BCUT2D eigenvalue weighted by Crippen LogP contribution is 2.50. The normalized spacial score (nSPS) is 18.4. The Morgan fingerprint density at radius 3 is 2.44 bits per heavy atom. The molecule has 1 atom stereocenters. The second-order valence-electron chi connectivity index (χ2n) is 10.0. The molecular weight excluding hydrogens is 422 g/mol. The number of hydrogen-bond donors (Lipinski definition) is 2. The number of carbonyl (C=O) groups is 1. The molecule has 1 aromatic heterocycles. The fraction of sp³-hybridized carbons (Fsp3) is 0.310. The van der Waals surface area contributed by atoms with Crippen LogP contribution in [0.5, 0.6) is 0 Å². The fourth-order valence-corrected chi connectivity index (χ4v) is 5.26. The molecule has 0 spiro atoms. The third kappa shape index (κ3) is 3.96. The molecule has 0 radical (unpaired) electrons. The van der Waals surface area contributed by atoms with Gasteiger partial charge in [-0.15, -0.1) is 0 Å². The van der Waals surface area contributed by atoms with Crippen molar-refractivity contribution in [1.82, 2.24) is 4.98 Å². The molecule has 2 aliphatic rings. The van der Waals surface area contributed by atoms with E-state index in [0.717, 1.165) is 59.0 Å². The zero-order valence-corrected chi connectivity index (χ0v) is 20.2. The smallest absolute Gasteiger partial charge is 0.336 e. The molecule has 174 valence electrons. The number of anilines is 3. The monoisotopic (exact) mass is 453 g/mol. The Labute approximate surface area is 201 Å². The van der Waals surface area contributed by atoms with Crippen LogP contribution in [0.1, 0.15) is 55.5 Å². The molecule has 0 saturated heterocycles. The number of para-hydroxylation sites is 1. The predicted molar refractivity (Wildman–Crippen MR) is 136 cm³/mol. The maximum Gasteiger partial charge on any atom is 0.336 e. The molecule has 2 aromatic carbocycles. The van der Waals surface area contributed by atoms with Gasteiger partial charge in [0.1, 0.15) is 5.82 Å². The van der Waals surface area contributed by atoms with Crippen molar-refractivity contribution in [1.29, 1.82) is 0 Å². The summed E-state index contributed by atoms with van der Waals surface area (Å²) >= 11 is 0. The van der Waals surface area contributed by atoms with Gasteiger partial charge in [0.05, 0.1) is 18.4 Å². The summed E-state index contributed by atoms with van der Waals surface area (Å²) in [6.07, 6.45) is 2.96. The molecule has 2 heterocycles. The lowest BCUT2D eigenvalue weighted by atomic mass is 9.73. The number of hydrogen-bond acceptors (Lipinski definition) is 5. The van der Waals surface area contributed by atoms with Crippen molar-refractivity contribution < 1.29 is 9.53 Å². The van der Waals surface area contributed by atoms with E-state index >= 15 is 0 Å². The SMILES string of the molecule is COC(=O)C1=C(C)Nc2nc3c(c(Nc4ccccc4)c2C1c1ccccc1)CC(C)(C)CC3. The number of nitrogens with zero attached hydrogens (tertiary/aromatic N) is 1. The molecule has 0 saturated carbocycles. The van der Waals surface area contributed by atoms with E-state index in [4.69, 9.17) is 9.72 Å². The van der Waals surface area contributed by atoms with Gasteiger partial charge in [0.15, 0.2) is 0 Å². The zero-order chi connectivity index (χ0) is 23.9. The topological polar surface area (TPSA) is 63.2 Å². The molecule has 0 bridgehead atoms. The Balaban J connectivity index is 1.80. The third-order valence-electron chi connectivity index (χ3n) is 6.98. The minimum Gasteiger partial charge on any atom is -0.466 e. The maximum atomic E-state index is 13.1. The first-order valence-corrected chi connectivity index (χ1v) is 11.9. The lowest BCUT2D eigenvalue weighted by Gasteiger charge is -2.37. The first kappa shape index (κ1) is 22.2. The van der Waals surface area contributed by atoms with Crippen LogP contribution in [-0.4, -0.2) is 18.1 Å². The summed E-state index contributed by atoms with van der Waals surface area (Å²) in [6, 6.07) is 20.4. The number of fused-ring (bicyclic) bond motifs is 2. The second-order valence-corrected chi connectivity index (χ2v) is 10.0. The van der Waals surface area contributed by atoms with Crippen LogP contribution in [0.4, 0.5) is 17.2 Å². The van der Waals surface area contributed by atoms with Crippen LogP contribution >= 0.6 is 0 Å². The van der Waals surface area contributed by atoms with E-state index in [1.54, 1.807) is 0 Å². The largest absolute Gasteiger partial charge is 0.466 e. The van der Waals surface area contributed by atoms with Crippen LogP contribution in [0.3, 0.4) is 0 Å². The number of carbonyl (C=O) groups excluding carboxylic acids is 1. The van der Waals surface area contributed by atoms with Crippen LogP contribution in [0, 0.1) is 5.41 Å². The van der Waals surface area contributed by atoms with E-state index in [-0.39, 0.29) is 17.3 Å². The Kier molecular flexibility index (Phi) is 5.64. The number of benzene rings is 2. The Bertz CT molecular complexity index is 1260. The molecule has 2 N–H and O–H groups in total. The molecule has 0 amide bonds. The standard InChI is InChI=1S/C29H31N3O2/c1-18-23(28(33)34-4)24(19-11-7-5-8-12-19)25-26(31-20-13-9-6-10-14-20)21-17-29(2,3)16-15-22(21)32-27(25)30-18/h5-14,24H,15-17H2,1-4H3,(H2,30,31,32). The lowest BCUT2D eigenvalue weighted by molar-refractivity contribution is -0.136. The first-order chi connectivity index (χ1) is 16.4. The van der Waals surface area contributed by atoms with E-state index in [1.165, 1.54) is 12.7 Å². The summed E-state index contributed by atoms with van der Waals surface area (Å²) in [5.74, 6) is 0.197. The molecule has 1 aliphatic heterocycles. The number of methoxy groups -OCH3 is 1. The predicted octanol–water partition coefficient (Wildman–Crippen LogP) is 6.34. The number of esters is 1. The third-order valence-corrected chi connectivity index (χ3v) is 6.98. The Morgan fingerprint density at radius 2 is 1.76 bits per heavy atom. The summed E-state index contributed by atoms with van der Waals surface area (Å²) in [7, 11) is 1.44. The molecule has 3 aromatic rings. The van der Waals surface area contributed by atoms with Gasteiger partial charge >= 0.3 is 5.97 Å². The highest BCUT2D eigenvalue weighted by Gasteiger charge is 2.39. The van der Waals surface area contributed by atoms with Crippen molar-refractivity contribution in [2.24, 2.45) is 5.41 Å². The van der Waals surface area contributed by atoms with E-state index in [0.29, 0.717) is 5.57 Å². The van der Waals surface area contributed by atoms with E-state index in [9.17, 15) is 4.79 Å². The highest BCUT2D eigenvalue weighted by atomic mass is 16.5. The van der Waals surface area contributed by atoms with Gasteiger partial charge in [0.25, 0.3) is 0 Å². The van der Waals surface area contributed by atoms with Gasteiger partial charge in [0, 0.05) is 28.6 Å². The molecule has 0 fully saturated rings. The molecule has 34 heavy (non-hydrogen) atoms. The van der Waals surface area contributed by atoms with Crippen molar-refractivity contribution in [3.8, 4) is 0 Å². The number of allylic oxidation sites excluding steroid dienone is 1. The molecule has 5 rings (SSSR count). The summed E-state index contributed by atoms with van der Waals surface area (Å²) in [4.78, 5) is 18.2. The van der Waals surface area contributed by atoms with Gasteiger partial charge in [-0.25, -0.2) is 9.78 Å². The molecule has 1 unspecified atom stereocenters. The second kappa shape index (κ2) is 8.64. The van der Waals surface area contributed by atoms with E-state index in [2.05, 4.69) is 48.7 Å². The van der Waals surface area contributed by atoms with Crippen molar-refractivity contribution in [2.75, 3.05) is 17.7 Å². The summed E-state index contributed by atoms with van der Waals surface area (Å²) < 4.78 is 5.25. The zero-order valence-electron chi connectivity index (χ0n) is 20.2. The van der Waals surface area contributed by atoms with Crippen molar-refractivity contribution in [3.05, 3.63) is 94.3 Å². The van der Waals surface area contributed by atoms with Gasteiger partial charge in [-0.1, -0.05) is 62.4 Å². The molecule has 5 nitrogen and oxygen atoms in total. The molecule has 5 heteroatoms. The summed E-state index contributed by atoms with van der Waals surface area (Å²) in [6.45, 7) is 6.57. The van der Waals surface area contributed by atoms with Crippen LogP contribution < -0.4 is 10.6 Å². The number of aryl methyl sites for hydroxylation is 1. The van der Waals surface area contributed by atoms with Gasteiger partial charge < -0.3 is 15.4 Å². The van der Waals surface area contributed by atoms with Crippen LogP contribution in [-0.2, 0) is 22.4 Å². The number of nitrogens with one attached hydrogen (secondary N) is 2. The van der Waals surface area contributed by atoms with Crippen LogP contribution in [0.15, 0.2) is 71.9 Å². The number of aromatic nitrogens is 1. The maximum absolute atomic E-state index is 13.1. The van der Waals surface area contributed by atoms with Crippen LogP contribution in [0.25, 0.3) is 0 Å². The van der Waals surface area contributed by atoms with Gasteiger partial charge in [0.2, 0.25) is 0 Å². The number of ether oxygens (including phenoxy) is 1. The van der Waals surface area contributed by atoms with Crippen molar-refractivity contribution in [3.63, 3.8) is 0 Å². The minimum atomic E-state index is -0.326. The average molecular weight is 454 g/mol. The Morgan fingerprint density at radius 1 is 1.09 bits per heavy atom. The van der Waals surface area contributed by atoms with Gasteiger partial charge in [-0.05, 0) is 54.9 Å². The summed E-state index contributed by atoms with van der Waals surface area (Å²) in [5, 5.41) is 7.18. The number of rotatable bonds is 4. The fourth-order valence-electron chi connectivity index (χ4n) is 5.26. The van der Waals surface area contributed by atoms with Gasteiger partial charge in [-0.2, -0.15) is 0 Å². The molecule has 1 aliphatic carbocycles. The van der Waals surface area contributed by atoms with E-state index < -0.39 is 0 Å². The summed E-state index contributed by atoms with van der Waals surface area (Å²) in [5.41, 5.74) is 8.05. The lowest BCUT2D eigenvalue weighted by Crippen LogP contribution is -2.29. The Hall–Kier alpha value is -3.60. The highest BCUT2D eigenvalue weighted by molar-refractivity contribution is 5.96. The number of pyridine rings is 1. The quantitative estimate of drug-likeness (QED) is 0.451.